The Labute approximate surface area is 164 Å². The third-order valence-corrected chi connectivity index (χ3v) is 5.73. The van der Waals surface area contributed by atoms with Crippen LogP contribution in [-0.2, 0) is 4.74 Å². The van der Waals surface area contributed by atoms with Crippen LogP contribution in [0, 0.1) is 5.41 Å². The first-order valence-corrected chi connectivity index (χ1v) is 9.65. The summed E-state index contributed by atoms with van der Waals surface area (Å²) < 4.78 is 5.40. The normalized spacial score (nSPS) is 24.4. The highest BCUT2D eigenvalue weighted by Crippen LogP contribution is 2.45. The molecular formula is C18H35IN4O. The van der Waals surface area contributed by atoms with Crippen LogP contribution >= 0.6 is 24.0 Å². The topological polar surface area (TPSA) is 40.1 Å². The molecule has 3 rings (SSSR count). The lowest BCUT2D eigenvalue weighted by Gasteiger charge is -2.27. The predicted molar refractivity (Wildman–Crippen MR) is 110 cm³/mol. The average Bonchev–Trinajstić information content (AvgIpc) is 3.22. The summed E-state index contributed by atoms with van der Waals surface area (Å²) >= 11 is 0. The van der Waals surface area contributed by atoms with E-state index >= 15 is 0 Å². The van der Waals surface area contributed by atoms with Gasteiger partial charge in [0, 0.05) is 45.8 Å². The van der Waals surface area contributed by atoms with Gasteiger partial charge in [0.2, 0.25) is 0 Å². The molecule has 5 nitrogen and oxygen atoms in total. The highest BCUT2D eigenvalue weighted by Gasteiger charge is 2.41. The van der Waals surface area contributed by atoms with Gasteiger partial charge in [-0.3, -0.25) is 9.89 Å². The van der Waals surface area contributed by atoms with E-state index in [-0.39, 0.29) is 24.0 Å². The minimum absolute atomic E-state index is 0. The number of hydrogen-bond acceptors (Lipinski definition) is 3. The molecule has 0 unspecified atom stereocenters. The average molecular weight is 450 g/mol. The van der Waals surface area contributed by atoms with Gasteiger partial charge in [-0.2, -0.15) is 0 Å². The molecule has 1 aliphatic carbocycles. The van der Waals surface area contributed by atoms with E-state index in [1.54, 1.807) is 0 Å². The second-order valence-electron chi connectivity index (χ2n) is 7.42. The van der Waals surface area contributed by atoms with Crippen LogP contribution in [0.5, 0.6) is 0 Å². The zero-order valence-electron chi connectivity index (χ0n) is 15.3. The SMILES string of the molecule is CCNC(=NCCCN1CCOCC1)N1CCC2(CCCC2)C1.I. The first-order valence-electron chi connectivity index (χ1n) is 9.65. The number of guanidine groups is 1. The Morgan fingerprint density at radius 2 is 1.88 bits per heavy atom. The number of likely N-dealkylation sites (tertiary alicyclic amines) is 1. The Balaban J connectivity index is 0.00000208. The van der Waals surface area contributed by atoms with Gasteiger partial charge in [-0.25, -0.2) is 0 Å². The molecule has 0 aromatic rings. The molecule has 2 aliphatic heterocycles. The fourth-order valence-corrected chi connectivity index (χ4v) is 4.38. The number of nitrogens with one attached hydrogen (secondary N) is 1. The van der Waals surface area contributed by atoms with Crippen LogP contribution < -0.4 is 5.32 Å². The summed E-state index contributed by atoms with van der Waals surface area (Å²) in [5.74, 6) is 1.15. The summed E-state index contributed by atoms with van der Waals surface area (Å²) in [5, 5.41) is 3.51. The zero-order chi connectivity index (χ0) is 16.0. The van der Waals surface area contributed by atoms with Crippen molar-refractivity contribution in [2.45, 2.75) is 45.4 Å². The number of morpholine rings is 1. The van der Waals surface area contributed by atoms with E-state index in [2.05, 4.69) is 22.0 Å². The number of aliphatic imine (C=N–C) groups is 1. The van der Waals surface area contributed by atoms with E-state index in [4.69, 9.17) is 9.73 Å². The summed E-state index contributed by atoms with van der Waals surface area (Å²) in [4.78, 5) is 9.92. The largest absolute Gasteiger partial charge is 0.379 e. The molecule has 0 radical (unpaired) electrons. The van der Waals surface area contributed by atoms with Crippen LogP contribution in [0.1, 0.15) is 45.4 Å². The van der Waals surface area contributed by atoms with Crippen molar-refractivity contribution in [3.05, 3.63) is 0 Å². The minimum Gasteiger partial charge on any atom is -0.379 e. The summed E-state index contributed by atoms with van der Waals surface area (Å²) in [5.41, 5.74) is 0.615. The van der Waals surface area contributed by atoms with Gasteiger partial charge in [0.25, 0.3) is 0 Å². The third kappa shape index (κ3) is 5.46. The molecule has 0 bridgehead atoms. The summed E-state index contributed by atoms with van der Waals surface area (Å²) in [6.45, 7) is 11.6. The zero-order valence-corrected chi connectivity index (χ0v) is 17.6. The second kappa shape index (κ2) is 10.2. The van der Waals surface area contributed by atoms with E-state index in [0.29, 0.717) is 5.41 Å². The van der Waals surface area contributed by atoms with Crippen LogP contribution in [0.15, 0.2) is 4.99 Å². The number of rotatable bonds is 5. The van der Waals surface area contributed by atoms with Crippen molar-refractivity contribution >= 4 is 29.9 Å². The lowest BCUT2D eigenvalue weighted by atomic mass is 9.86. The quantitative estimate of drug-likeness (QED) is 0.303. The minimum atomic E-state index is 0. The molecule has 0 atom stereocenters. The van der Waals surface area contributed by atoms with Gasteiger partial charge in [0.1, 0.15) is 0 Å². The molecule has 2 saturated heterocycles. The first kappa shape index (κ1) is 20.2. The molecule has 3 fully saturated rings. The second-order valence-corrected chi connectivity index (χ2v) is 7.42. The summed E-state index contributed by atoms with van der Waals surface area (Å²) in [6, 6.07) is 0. The van der Waals surface area contributed by atoms with Gasteiger partial charge < -0.3 is 15.0 Å². The fourth-order valence-electron chi connectivity index (χ4n) is 4.38. The predicted octanol–water partition coefficient (Wildman–Crippen LogP) is 2.56. The Morgan fingerprint density at radius 3 is 2.58 bits per heavy atom. The van der Waals surface area contributed by atoms with Crippen LogP contribution in [0.4, 0.5) is 0 Å². The van der Waals surface area contributed by atoms with Gasteiger partial charge in [-0.15, -0.1) is 24.0 Å². The molecule has 140 valence electrons. The third-order valence-electron chi connectivity index (χ3n) is 5.73. The lowest BCUT2D eigenvalue weighted by Crippen LogP contribution is -2.41. The molecule has 0 aromatic heterocycles. The molecule has 2 heterocycles. The van der Waals surface area contributed by atoms with Crippen molar-refractivity contribution in [2.75, 3.05) is 59.0 Å². The first-order chi connectivity index (χ1) is 11.3. The molecule has 1 saturated carbocycles. The van der Waals surface area contributed by atoms with Crippen LogP contribution in [0.2, 0.25) is 0 Å². The highest BCUT2D eigenvalue weighted by atomic mass is 127. The Bertz CT molecular complexity index is 392. The maximum Gasteiger partial charge on any atom is 0.193 e. The Morgan fingerprint density at radius 1 is 1.12 bits per heavy atom. The van der Waals surface area contributed by atoms with E-state index in [1.807, 2.05) is 0 Å². The van der Waals surface area contributed by atoms with Gasteiger partial charge in [0.05, 0.1) is 13.2 Å². The standard InChI is InChI=1S/C18H34N4O.HI/c1-2-19-17(20-9-5-10-21-12-14-23-15-13-21)22-11-8-18(16-22)6-3-4-7-18;/h2-16H2,1H3,(H,19,20);1H. The molecular weight excluding hydrogens is 415 g/mol. The van der Waals surface area contributed by atoms with Gasteiger partial charge in [0.15, 0.2) is 5.96 Å². The van der Waals surface area contributed by atoms with E-state index in [0.717, 1.165) is 58.3 Å². The monoisotopic (exact) mass is 450 g/mol. The van der Waals surface area contributed by atoms with Gasteiger partial charge in [-0.1, -0.05) is 12.8 Å². The molecule has 1 N–H and O–H groups in total. The Hall–Kier alpha value is -0.0800. The molecule has 3 aliphatic rings. The Kier molecular flexibility index (Phi) is 8.57. The van der Waals surface area contributed by atoms with E-state index < -0.39 is 0 Å². The lowest BCUT2D eigenvalue weighted by molar-refractivity contribution is 0.0377. The number of nitrogens with zero attached hydrogens (tertiary/aromatic N) is 3. The molecule has 6 heteroatoms. The van der Waals surface area contributed by atoms with Crippen molar-refractivity contribution in [2.24, 2.45) is 10.4 Å². The molecule has 0 amide bonds. The molecule has 24 heavy (non-hydrogen) atoms. The fraction of sp³-hybridized carbons (Fsp3) is 0.944. The van der Waals surface area contributed by atoms with Crippen LogP contribution in [0.3, 0.4) is 0 Å². The van der Waals surface area contributed by atoms with Crippen molar-refractivity contribution < 1.29 is 4.74 Å². The maximum atomic E-state index is 5.40. The van der Waals surface area contributed by atoms with E-state index in [9.17, 15) is 0 Å². The smallest absolute Gasteiger partial charge is 0.193 e. The molecule has 1 spiro atoms. The van der Waals surface area contributed by atoms with Crippen molar-refractivity contribution in [3.8, 4) is 0 Å². The highest BCUT2D eigenvalue weighted by molar-refractivity contribution is 14.0. The van der Waals surface area contributed by atoms with Gasteiger partial charge >= 0.3 is 0 Å². The number of ether oxygens (including phenoxy) is 1. The van der Waals surface area contributed by atoms with Crippen LogP contribution in [0.25, 0.3) is 0 Å². The number of hydrogen-bond donors (Lipinski definition) is 1. The van der Waals surface area contributed by atoms with Crippen molar-refractivity contribution in [1.82, 2.24) is 15.1 Å². The van der Waals surface area contributed by atoms with Crippen LogP contribution in [-0.4, -0.2) is 74.8 Å². The molecule has 0 aromatic carbocycles. The maximum absolute atomic E-state index is 5.40. The van der Waals surface area contributed by atoms with E-state index in [1.165, 1.54) is 45.2 Å². The number of halogens is 1. The van der Waals surface area contributed by atoms with Gasteiger partial charge in [-0.05, 0) is 38.0 Å². The van der Waals surface area contributed by atoms with Crippen molar-refractivity contribution in [1.29, 1.82) is 0 Å². The summed E-state index contributed by atoms with van der Waals surface area (Å²) in [7, 11) is 0. The van der Waals surface area contributed by atoms with Crippen molar-refractivity contribution in [3.63, 3.8) is 0 Å². The summed E-state index contributed by atoms with van der Waals surface area (Å²) in [6.07, 6.45) is 8.24.